The highest BCUT2D eigenvalue weighted by Crippen LogP contribution is 2.19. The van der Waals surface area contributed by atoms with Crippen LogP contribution in [0.4, 0.5) is 0 Å². The van der Waals surface area contributed by atoms with E-state index in [-0.39, 0.29) is 12.2 Å². The fourth-order valence-corrected chi connectivity index (χ4v) is 2.27. The fraction of sp³-hybridized carbons (Fsp3) is 0.750. The molecule has 0 saturated heterocycles. The largest absolute Gasteiger partial charge is 0.394 e. The van der Waals surface area contributed by atoms with E-state index in [2.05, 4.69) is 34.6 Å². The molecular formula is C24H46O3. The molecule has 0 heterocycles. The van der Waals surface area contributed by atoms with Crippen molar-refractivity contribution >= 4 is 0 Å². The zero-order valence-electron chi connectivity index (χ0n) is 19.1. The summed E-state index contributed by atoms with van der Waals surface area (Å²) in [6.45, 7) is 17.2. The minimum Gasteiger partial charge on any atom is -0.394 e. The molecule has 1 rings (SSSR count). The summed E-state index contributed by atoms with van der Waals surface area (Å²) in [7, 11) is 0. The van der Waals surface area contributed by atoms with Gasteiger partial charge in [0.2, 0.25) is 0 Å². The van der Waals surface area contributed by atoms with Crippen molar-refractivity contribution < 1.29 is 14.6 Å². The molecule has 160 valence electrons. The summed E-state index contributed by atoms with van der Waals surface area (Å²) in [5, 5.41) is 8.42. The summed E-state index contributed by atoms with van der Waals surface area (Å²) in [5.74, 6) is 0.751. The lowest BCUT2D eigenvalue weighted by Crippen LogP contribution is -2.25. The van der Waals surface area contributed by atoms with Crippen LogP contribution in [0.1, 0.15) is 86.1 Å². The predicted molar refractivity (Wildman–Crippen MR) is 118 cm³/mol. The summed E-state index contributed by atoms with van der Waals surface area (Å²) in [6, 6.07) is 9.90. The van der Waals surface area contributed by atoms with Crippen LogP contribution in [0.25, 0.3) is 0 Å². The Morgan fingerprint density at radius 1 is 1.00 bits per heavy atom. The van der Waals surface area contributed by atoms with Crippen LogP contribution in [0, 0.1) is 5.92 Å². The first-order valence-electron chi connectivity index (χ1n) is 10.8. The Kier molecular flexibility index (Phi) is 20.8. The lowest BCUT2D eigenvalue weighted by Gasteiger charge is -2.25. The third kappa shape index (κ3) is 21.3. The zero-order valence-corrected chi connectivity index (χ0v) is 19.1. The van der Waals surface area contributed by atoms with Crippen molar-refractivity contribution in [3.05, 3.63) is 35.9 Å². The van der Waals surface area contributed by atoms with Crippen molar-refractivity contribution in [2.45, 2.75) is 92.8 Å². The molecule has 1 aromatic carbocycles. The maximum Gasteiger partial charge on any atom is 0.0718 e. The van der Waals surface area contributed by atoms with E-state index in [9.17, 15) is 0 Å². The fourth-order valence-electron chi connectivity index (χ4n) is 2.27. The van der Waals surface area contributed by atoms with Gasteiger partial charge in [-0.05, 0) is 38.2 Å². The predicted octanol–water partition coefficient (Wildman–Crippen LogP) is 6.63. The van der Waals surface area contributed by atoms with Gasteiger partial charge in [0.15, 0.2) is 0 Å². The number of aliphatic hydroxyl groups is 1. The number of unbranched alkanes of at least 4 members (excludes halogenated alkanes) is 2. The van der Waals surface area contributed by atoms with Crippen LogP contribution < -0.4 is 0 Å². The molecule has 0 bridgehead atoms. The van der Waals surface area contributed by atoms with Gasteiger partial charge in [-0.15, -0.1) is 0 Å². The summed E-state index contributed by atoms with van der Waals surface area (Å²) in [4.78, 5) is 0. The van der Waals surface area contributed by atoms with E-state index in [0.29, 0.717) is 13.2 Å². The number of hydrogen-bond donors (Lipinski definition) is 1. The molecule has 0 atom stereocenters. The van der Waals surface area contributed by atoms with Gasteiger partial charge < -0.3 is 14.6 Å². The Hall–Kier alpha value is -0.900. The highest BCUT2D eigenvalue weighted by molar-refractivity contribution is 5.13. The second-order valence-electron chi connectivity index (χ2n) is 7.51. The van der Waals surface area contributed by atoms with E-state index in [0.717, 1.165) is 18.1 Å². The lowest BCUT2D eigenvalue weighted by molar-refractivity contribution is -0.0292. The third-order valence-corrected chi connectivity index (χ3v) is 3.92. The molecule has 3 heteroatoms. The number of hydrogen-bond acceptors (Lipinski definition) is 3. The second-order valence-corrected chi connectivity index (χ2v) is 7.51. The maximum absolute atomic E-state index is 8.42. The molecule has 0 saturated carbocycles. The minimum absolute atomic E-state index is 0.0874. The summed E-state index contributed by atoms with van der Waals surface area (Å²) >= 11 is 0. The van der Waals surface area contributed by atoms with Gasteiger partial charge in [-0.25, -0.2) is 0 Å². The highest BCUT2D eigenvalue weighted by atomic mass is 16.5. The summed E-state index contributed by atoms with van der Waals surface area (Å²) < 4.78 is 11.0. The first-order valence-corrected chi connectivity index (χ1v) is 10.8. The molecule has 3 nitrogen and oxygen atoms in total. The van der Waals surface area contributed by atoms with Crippen LogP contribution in [0.3, 0.4) is 0 Å². The van der Waals surface area contributed by atoms with Crippen molar-refractivity contribution in [3.63, 3.8) is 0 Å². The van der Waals surface area contributed by atoms with Gasteiger partial charge in [-0.3, -0.25) is 0 Å². The smallest absolute Gasteiger partial charge is 0.0718 e. The van der Waals surface area contributed by atoms with Gasteiger partial charge in [-0.1, -0.05) is 84.2 Å². The van der Waals surface area contributed by atoms with Crippen LogP contribution in [-0.4, -0.2) is 30.5 Å². The maximum atomic E-state index is 8.42. The van der Waals surface area contributed by atoms with Crippen LogP contribution in [0.2, 0.25) is 0 Å². The molecule has 27 heavy (non-hydrogen) atoms. The molecule has 0 fully saturated rings. The average Bonchev–Trinajstić information content (AvgIpc) is 2.65. The van der Waals surface area contributed by atoms with E-state index in [1.54, 1.807) is 0 Å². The van der Waals surface area contributed by atoms with Crippen molar-refractivity contribution in [2.75, 3.05) is 19.8 Å². The van der Waals surface area contributed by atoms with Gasteiger partial charge in [0.05, 0.1) is 25.4 Å². The van der Waals surface area contributed by atoms with Crippen LogP contribution >= 0.6 is 0 Å². The normalized spacial score (nSPS) is 10.7. The van der Waals surface area contributed by atoms with E-state index in [1.165, 1.54) is 32.1 Å². The lowest BCUT2D eigenvalue weighted by atomic mass is 10.0. The van der Waals surface area contributed by atoms with Crippen LogP contribution in [0.15, 0.2) is 30.3 Å². The van der Waals surface area contributed by atoms with Gasteiger partial charge >= 0.3 is 0 Å². The molecule has 1 aromatic rings. The molecule has 0 spiro atoms. The second kappa shape index (κ2) is 19.9. The Balaban J connectivity index is 0. The van der Waals surface area contributed by atoms with E-state index in [4.69, 9.17) is 14.6 Å². The standard InChI is InChI=1S/C13H28O.C9H12O2.C2H6/c1-6-7-8-10-13(4,5)14-11-9-12(2)3;10-6-7-11-8-9-4-2-1-3-5-9;1-2/h12H,6-11H2,1-5H3;1-5,10H,6-8H2;1-2H3. The summed E-state index contributed by atoms with van der Waals surface area (Å²) in [6.07, 6.45) is 6.29. The van der Waals surface area contributed by atoms with E-state index >= 15 is 0 Å². The Bertz CT molecular complexity index is 388. The third-order valence-electron chi connectivity index (χ3n) is 3.92. The molecule has 1 N–H and O–H groups in total. The first-order chi connectivity index (χ1) is 12.9. The van der Waals surface area contributed by atoms with E-state index in [1.807, 2.05) is 44.2 Å². The molecule has 0 aliphatic rings. The Labute approximate surface area is 169 Å². The van der Waals surface area contributed by atoms with E-state index < -0.39 is 0 Å². The van der Waals surface area contributed by atoms with Gasteiger partial charge in [0.1, 0.15) is 0 Å². The Morgan fingerprint density at radius 2 is 1.63 bits per heavy atom. The number of ether oxygens (including phenoxy) is 2. The SMILES string of the molecule is CC.CCCCCC(C)(C)OCCC(C)C.OCCOCc1ccccc1. The number of benzene rings is 1. The summed E-state index contributed by atoms with van der Waals surface area (Å²) in [5.41, 5.74) is 1.23. The van der Waals surface area contributed by atoms with Gasteiger partial charge in [0, 0.05) is 6.61 Å². The van der Waals surface area contributed by atoms with Crippen molar-refractivity contribution in [1.82, 2.24) is 0 Å². The highest BCUT2D eigenvalue weighted by Gasteiger charge is 2.17. The van der Waals surface area contributed by atoms with Crippen molar-refractivity contribution in [1.29, 1.82) is 0 Å². The topological polar surface area (TPSA) is 38.7 Å². The molecule has 0 radical (unpaired) electrons. The first kappa shape index (κ1) is 28.3. The molecular weight excluding hydrogens is 336 g/mol. The minimum atomic E-state index is 0.0874. The molecule has 0 aliphatic carbocycles. The van der Waals surface area contributed by atoms with Gasteiger partial charge in [0.25, 0.3) is 0 Å². The quantitative estimate of drug-likeness (QED) is 0.412. The average molecular weight is 383 g/mol. The van der Waals surface area contributed by atoms with Crippen LogP contribution in [-0.2, 0) is 16.1 Å². The molecule has 0 aromatic heterocycles. The zero-order chi connectivity index (χ0) is 21.0. The number of aliphatic hydroxyl groups excluding tert-OH is 1. The van der Waals surface area contributed by atoms with Crippen LogP contribution in [0.5, 0.6) is 0 Å². The molecule has 0 unspecified atom stereocenters. The number of rotatable bonds is 12. The molecule has 0 aliphatic heterocycles. The van der Waals surface area contributed by atoms with Crippen molar-refractivity contribution in [2.24, 2.45) is 5.92 Å². The molecule has 0 amide bonds. The monoisotopic (exact) mass is 382 g/mol. The van der Waals surface area contributed by atoms with Crippen molar-refractivity contribution in [3.8, 4) is 0 Å². The Morgan fingerprint density at radius 3 is 2.15 bits per heavy atom. The van der Waals surface area contributed by atoms with Gasteiger partial charge in [-0.2, -0.15) is 0 Å².